The zero-order chi connectivity index (χ0) is 19.4. The van der Waals surface area contributed by atoms with Crippen LogP contribution in [0.2, 0.25) is 0 Å². The molecule has 27 heavy (non-hydrogen) atoms. The van der Waals surface area contributed by atoms with Gasteiger partial charge in [0.25, 0.3) is 5.91 Å². The maximum Gasteiger partial charge on any atom is 0.252 e. The van der Waals surface area contributed by atoms with Crippen molar-refractivity contribution < 1.29 is 4.79 Å². The molecule has 2 heterocycles. The monoisotopic (exact) mass is 367 g/mol. The maximum atomic E-state index is 12.6. The van der Waals surface area contributed by atoms with Gasteiger partial charge in [-0.05, 0) is 56.0 Å². The lowest BCUT2D eigenvalue weighted by Gasteiger charge is -2.37. The van der Waals surface area contributed by atoms with Gasteiger partial charge in [0, 0.05) is 25.9 Å². The fraction of sp³-hybridized carbons (Fsp3) is 0.455. The highest BCUT2D eigenvalue weighted by Gasteiger charge is 2.26. The van der Waals surface area contributed by atoms with Gasteiger partial charge in [-0.15, -0.1) is 0 Å². The quantitative estimate of drug-likeness (QED) is 0.884. The van der Waals surface area contributed by atoms with Crippen LogP contribution >= 0.6 is 0 Å². The molecule has 1 aromatic carbocycles. The number of carbonyl (C=O) groups is 1. The molecule has 0 saturated carbocycles. The van der Waals surface area contributed by atoms with Gasteiger partial charge in [-0.3, -0.25) is 14.5 Å². The number of nitrogens with zero attached hydrogens (tertiary/aromatic N) is 2. The average molecular weight is 367 g/mol. The smallest absolute Gasteiger partial charge is 0.252 e. The number of rotatable bonds is 5. The zero-order valence-electron chi connectivity index (χ0n) is 16.4. The van der Waals surface area contributed by atoms with Gasteiger partial charge in [0.1, 0.15) is 0 Å². The zero-order valence-corrected chi connectivity index (χ0v) is 16.4. The summed E-state index contributed by atoms with van der Waals surface area (Å²) >= 11 is 0. The normalized spacial score (nSPS) is 16.9. The SMILES string of the molecule is Cc1ccccc1[C@@H](CNC(=O)c1ccc(=O)n(C)c1)N1CCC(C)CC1. The predicted molar refractivity (Wildman–Crippen MR) is 108 cm³/mol. The molecule has 1 amide bonds. The van der Waals surface area contributed by atoms with E-state index in [1.54, 1.807) is 19.3 Å². The number of carbonyl (C=O) groups excluding carboxylic acids is 1. The van der Waals surface area contributed by atoms with Crippen molar-refractivity contribution >= 4 is 5.91 Å². The second kappa shape index (κ2) is 8.53. The Hall–Kier alpha value is -2.40. The molecule has 0 unspecified atom stereocenters. The Kier molecular flexibility index (Phi) is 6.11. The van der Waals surface area contributed by atoms with E-state index in [0.717, 1.165) is 19.0 Å². The summed E-state index contributed by atoms with van der Waals surface area (Å²) in [6, 6.07) is 11.6. The number of piperidine rings is 1. The van der Waals surface area contributed by atoms with Crippen molar-refractivity contribution in [1.82, 2.24) is 14.8 Å². The number of likely N-dealkylation sites (tertiary alicyclic amines) is 1. The number of aryl methyl sites for hydroxylation is 2. The molecule has 3 rings (SSSR count). The van der Waals surface area contributed by atoms with Crippen LogP contribution in [-0.4, -0.2) is 35.0 Å². The van der Waals surface area contributed by atoms with Crippen LogP contribution in [0.25, 0.3) is 0 Å². The molecule has 1 aliphatic rings. The van der Waals surface area contributed by atoms with Crippen molar-refractivity contribution in [3.05, 3.63) is 69.6 Å². The van der Waals surface area contributed by atoms with Crippen LogP contribution < -0.4 is 10.9 Å². The molecule has 1 N–H and O–H groups in total. The topological polar surface area (TPSA) is 54.3 Å². The molecular weight excluding hydrogens is 338 g/mol. The van der Waals surface area contributed by atoms with Crippen LogP contribution in [0.1, 0.15) is 47.3 Å². The van der Waals surface area contributed by atoms with Gasteiger partial charge < -0.3 is 9.88 Å². The Balaban J connectivity index is 1.77. The van der Waals surface area contributed by atoms with E-state index in [9.17, 15) is 9.59 Å². The van der Waals surface area contributed by atoms with Gasteiger partial charge in [-0.1, -0.05) is 31.2 Å². The summed E-state index contributed by atoms with van der Waals surface area (Å²) in [5, 5.41) is 3.08. The van der Waals surface area contributed by atoms with Gasteiger partial charge >= 0.3 is 0 Å². The molecule has 0 radical (unpaired) electrons. The fourth-order valence-electron chi connectivity index (χ4n) is 3.76. The van der Waals surface area contributed by atoms with E-state index in [0.29, 0.717) is 12.1 Å². The molecule has 5 heteroatoms. The average Bonchev–Trinajstić information content (AvgIpc) is 2.66. The van der Waals surface area contributed by atoms with Crippen LogP contribution in [0.5, 0.6) is 0 Å². The fourth-order valence-corrected chi connectivity index (χ4v) is 3.76. The van der Waals surface area contributed by atoms with E-state index >= 15 is 0 Å². The third-order valence-corrected chi connectivity index (χ3v) is 5.61. The van der Waals surface area contributed by atoms with Crippen molar-refractivity contribution in [1.29, 1.82) is 0 Å². The molecule has 1 saturated heterocycles. The second-order valence-electron chi connectivity index (χ2n) is 7.67. The number of hydrogen-bond donors (Lipinski definition) is 1. The summed E-state index contributed by atoms with van der Waals surface area (Å²) in [5.74, 6) is 0.619. The Morgan fingerprint density at radius 2 is 1.89 bits per heavy atom. The van der Waals surface area contributed by atoms with E-state index in [-0.39, 0.29) is 17.5 Å². The van der Waals surface area contributed by atoms with Crippen molar-refractivity contribution in [3.63, 3.8) is 0 Å². The van der Waals surface area contributed by atoms with Gasteiger partial charge in [-0.2, -0.15) is 0 Å². The van der Waals surface area contributed by atoms with E-state index in [1.807, 2.05) is 0 Å². The summed E-state index contributed by atoms with van der Waals surface area (Å²) in [6.07, 6.45) is 3.97. The Bertz CT molecular complexity index is 851. The first-order chi connectivity index (χ1) is 13.0. The molecule has 144 valence electrons. The number of hydrogen-bond acceptors (Lipinski definition) is 3. The minimum Gasteiger partial charge on any atom is -0.350 e. The highest BCUT2D eigenvalue weighted by Crippen LogP contribution is 2.28. The van der Waals surface area contributed by atoms with Crippen LogP contribution in [0.3, 0.4) is 0 Å². The molecule has 5 nitrogen and oxygen atoms in total. The standard InChI is InChI=1S/C22H29N3O2/c1-16-10-12-25(13-11-16)20(19-7-5-4-6-17(19)2)14-23-22(27)18-8-9-21(26)24(3)15-18/h4-9,15-16,20H,10-14H2,1-3H3,(H,23,27)/t20-/m1/s1. The summed E-state index contributed by atoms with van der Waals surface area (Å²) in [5.41, 5.74) is 2.91. The van der Waals surface area contributed by atoms with E-state index in [2.05, 4.69) is 48.3 Å². The molecule has 1 aromatic heterocycles. The van der Waals surface area contributed by atoms with Gasteiger partial charge in [-0.25, -0.2) is 0 Å². The van der Waals surface area contributed by atoms with Crippen molar-refractivity contribution in [2.75, 3.05) is 19.6 Å². The van der Waals surface area contributed by atoms with Crippen molar-refractivity contribution in [2.45, 2.75) is 32.7 Å². The lowest BCUT2D eigenvalue weighted by Crippen LogP contribution is -2.42. The lowest BCUT2D eigenvalue weighted by atomic mass is 9.94. The minimum absolute atomic E-state index is 0.119. The number of nitrogens with one attached hydrogen (secondary N) is 1. The summed E-state index contributed by atoms with van der Waals surface area (Å²) in [4.78, 5) is 26.6. The van der Waals surface area contributed by atoms with E-state index < -0.39 is 0 Å². The summed E-state index contributed by atoms with van der Waals surface area (Å²) in [7, 11) is 1.66. The van der Waals surface area contributed by atoms with Crippen molar-refractivity contribution in [3.8, 4) is 0 Å². The van der Waals surface area contributed by atoms with E-state index in [4.69, 9.17) is 0 Å². The highest BCUT2D eigenvalue weighted by atomic mass is 16.2. The lowest BCUT2D eigenvalue weighted by molar-refractivity contribution is 0.0912. The second-order valence-corrected chi connectivity index (χ2v) is 7.67. The first kappa shape index (κ1) is 19.4. The summed E-state index contributed by atoms with van der Waals surface area (Å²) in [6.45, 7) is 7.10. The van der Waals surface area contributed by atoms with Crippen LogP contribution in [0.15, 0.2) is 47.4 Å². The molecule has 0 aliphatic carbocycles. The minimum atomic E-state index is -0.144. The number of amides is 1. The number of pyridine rings is 1. The first-order valence-corrected chi connectivity index (χ1v) is 9.70. The number of aromatic nitrogens is 1. The highest BCUT2D eigenvalue weighted by molar-refractivity contribution is 5.93. The van der Waals surface area contributed by atoms with Crippen LogP contribution in [-0.2, 0) is 7.05 Å². The third-order valence-electron chi connectivity index (χ3n) is 5.61. The van der Waals surface area contributed by atoms with Crippen molar-refractivity contribution in [2.24, 2.45) is 13.0 Å². The summed E-state index contributed by atoms with van der Waals surface area (Å²) < 4.78 is 1.43. The van der Waals surface area contributed by atoms with Gasteiger partial charge in [0.2, 0.25) is 5.56 Å². The molecule has 0 spiro atoms. The third kappa shape index (κ3) is 4.66. The molecule has 1 atom stereocenters. The van der Waals surface area contributed by atoms with E-state index in [1.165, 1.54) is 34.6 Å². The Morgan fingerprint density at radius 3 is 2.56 bits per heavy atom. The maximum absolute atomic E-state index is 12.6. The van der Waals surface area contributed by atoms with Crippen LogP contribution in [0.4, 0.5) is 0 Å². The van der Waals surface area contributed by atoms with Gasteiger partial charge in [0.15, 0.2) is 0 Å². The number of benzene rings is 1. The first-order valence-electron chi connectivity index (χ1n) is 9.70. The molecule has 2 aromatic rings. The molecular formula is C22H29N3O2. The van der Waals surface area contributed by atoms with Gasteiger partial charge in [0.05, 0.1) is 11.6 Å². The largest absolute Gasteiger partial charge is 0.350 e. The molecule has 1 aliphatic heterocycles. The molecule has 0 bridgehead atoms. The van der Waals surface area contributed by atoms with Crippen LogP contribution in [0, 0.1) is 12.8 Å². The Labute approximate surface area is 161 Å². The Morgan fingerprint density at radius 1 is 1.19 bits per heavy atom. The molecule has 1 fully saturated rings. The predicted octanol–water partition coefficient (Wildman–Crippen LogP) is 2.90.